The van der Waals surface area contributed by atoms with Crippen molar-refractivity contribution in [1.82, 2.24) is 5.32 Å². The fraction of sp³-hybridized carbons (Fsp3) is 0.500. The molecular formula is C14H16ClFN2O2. The van der Waals surface area contributed by atoms with Gasteiger partial charge in [-0.2, -0.15) is 0 Å². The van der Waals surface area contributed by atoms with Crippen molar-refractivity contribution in [3.8, 4) is 5.75 Å². The zero-order valence-electron chi connectivity index (χ0n) is 10.9. The minimum absolute atomic E-state index is 0.0285. The third-order valence-corrected chi connectivity index (χ3v) is 4.45. The van der Waals surface area contributed by atoms with E-state index in [1.807, 2.05) is 0 Å². The number of benzene rings is 1. The molecule has 6 heteroatoms. The van der Waals surface area contributed by atoms with Crippen LogP contribution in [0.25, 0.3) is 0 Å². The fourth-order valence-corrected chi connectivity index (χ4v) is 3.29. The maximum absolute atomic E-state index is 13.2. The number of ether oxygens (including phenoxy) is 1. The van der Waals surface area contributed by atoms with E-state index in [4.69, 9.17) is 22.1 Å². The number of amides is 1. The van der Waals surface area contributed by atoms with E-state index in [0.29, 0.717) is 5.92 Å². The number of rotatable bonds is 4. The molecule has 1 aromatic rings. The molecule has 20 heavy (non-hydrogen) atoms. The van der Waals surface area contributed by atoms with Gasteiger partial charge < -0.3 is 15.8 Å². The van der Waals surface area contributed by atoms with Gasteiger partial charge in [0.2, 0.25) is 0 Å². The first-order valence-corrected chi connectivity index (χ1v) is 6.99. The lowest BCUT2D eigenvalue weighted by Crippen LogP contribution is -2.44. The molecule has 1 unspecified atom stereocenters. The second-order valence-electron chi connectivity index (χ2n) is 5.77. The van der Waals surface area contributed by atoms with E-state index in [1.165, 1.54) is 12.1 Å². The summed E-state index contributed by atoms with van der Waals surface area (Å²) in [7, 11) is 0. The van der Waals surface area contributed by atoms with E-state index in [0.717, 1.165) is 25.3 Å². The third kappa shape index (κ3) is 2.60. The monoisotopic (exact) mass is 298 g/mol. The number of hydrogen-bond donors (Lipinski definition) is 2. The lowest BCUT2D eigenvalue weighted by molar-refractivity contribution is -0.124. The second-order valence-corrected chi connectivity index (χ2v) is 6.18. The molecule has 1 atom stereocenters. The van der Waals surface area contributed by atoms with Crippen molar-refractivity contribution in [3.63, 3.8) is 0 Å². The van der Waals surface area contributed by atoms with Gasteiger partial charge in [-0.3, -0.25) is 4.79 Å². The summed E-state index contributed by atoms with van der Waals surface area (Å²) >= 11 is 5.57. The second kappa shape index (κ2) is 4.90. The number of carbonyl (C=O) groups is 1. The number of carbonyl (C=O) groups excluding carboxylic acids is 1. The van der Waals surface area contributed by atoms with Gasteiger partial charge in [0.25, 0.3) is 5.91 Å². The molecule has 3 N–H and O–H groups in total. The number of nitrogens with two attached hydrogens (primary N) is 1. The minimum Gasteiger partial charge on any atom is -0.484 e. The van der Waals surface area contributed by atoms with Crippen LogP contribution in [-0.2, 0) is 4.79 Å². The average Bonchev–Trinajstić information content (AvgIpc) is 2.82. The van der Waals surface area contributed by atoms with Crippen LogP contribution >= 0.6 is 11.6 Å². The van der Waals surface area contributed by atoms with Gasteiger partial charge in [0.1, 0.15) is 11.6 Å². The molecule has 0 aromatic heterocycles. The molecule has 108 valence electrons. The van der Waals surface area contributed by atoms with Crippen LogP contribution in [0.3, 0.4) is 0 Å². The Hall–Kier alpha value is -1.33. The molecule has 4 nitrogen and oxygen atoms in total. The Morgan fingerprint density at radius 1 is 1.50 bits per heavy atom. The quantitative estimate of drug-likeness (QED) is 0.892. The Kier molecular flexibility index (Phi) is 3.34. The van der Waals surface area contributed by atoms with Crippen LogP contribution in [0.4, 0.5) is 4.39 Å². The molecule has 3 aliphatic rings. The molecule has 1 amide bonds. The van der Waals surface area contributed by atoms with Crippen molar-refractivity contribution in [2.45, 2.75) is 30.8 Å². The number of hydrogen-bond acceptors (Lipinski definition) is 3. The molecular weight excluding hydrogens is 283 g/mol. The van der Waals surface area contributed by atoms with Crippen LogP contribution in [0.15, 0.2) is 18.2 Å². The zero-order valence-corrected chi connectivity index (χ0v) is 11.6. The molecule has 0 radical (unpaired) electrons. The van der Waals surface area contributed by atoms with E-state index in [9.17, 15) is 9.18 Å². The Bertz CT molecular complexity index is 546. The summed E-state index contributed by atoms with van der Waals surface area (Å²) in [5.41, 5.74) is 6.00. The normalized spacial score (nSPS) is 30.8. The Balaban J connectivity index is 1.49. The number of nitrogens with one attached hydrogen (secondary N) is 1. The van der Waals surface area contributed by atoms with Crippen LogP contribution in [-0.4, -0.2) is 24.1 Å². The van der Waals surface area contributed by atoms with Crippen LogP contribution in [0, 0.1) is 11.7 Å². The van der Waals surface area contributed by atoms with E-state index in [1.54, 1.807) is 0 Å². The van der Waals surface area contributed by atoms with Gasteiger partial charge in [-0.1, -0.05) is 11.6 Å². The van der Waals surface area contributed by atoms with Crippen molar-refractivity contribution in [1.29, 1.82) is 0 Å². The smallest absolute Gasteiger partial charge is 0.258 e. The predicted octanol–water partition coefficient (Wildman–Crippen LogP) is 1.85. The summed E-state index contributed by atoms with van der Waals surface area (Å²) in [6.45, 7) is -0.137. The predicted molar refractivity (Wildman–Crippen MR) is 73.1 cm³/mol. The lowest BCUT2D eigenvalue weighted by atomic mass is 9.78. The number of fused-ring (bicyclic) bond motifs is 1. The molecule has 0 saturated heterocycles. The van der Waals surface area contributed by atoms with E-state index in [-0.39, 0.29) is 34.9 Å². The van der Waals surface area contributed by atoms with Gasteiger partial charge in [-0.25, -0.2) is 4.39 Å². The van der Waals surface area contributed by atoms with E-state index < -0.39 is 5.82 Å². The summed E-state index contributed by atoms with van der Waals surface area (Å²) in [4.78, 5) is 11.8. The first-order chi connectivity index (χ1) is 9.45. The highest BCUT2D eigenvalue weighted by Gasteiger charge is 2.53. The molecule has 3 fully saturated rings. The van der Waals surface area contributed by atoms with Gasteiger partial charge >= 0.3 is 0 Å². The van der Waals surface area contributed by atoms with Crippen LogP contribution in [0.5, 0.6) is 5.75 Å². The molecule has 3 aliphatic carbocycles. The van der Waals surface area contributed by atoms with Gasteiger partial charge in [0, 0.05) is 17.6 Å². The summed E-state index contributed by atoms with van der Waals surface area (Å²) in [5, 5.41) is 2.96. The van der Waals surface area contributed by atoms with Crippen LogP contribution < -0.4 is 15.8 Å². The Labute approximate surface area is 121 Å². The minimum atomic E-state index is -0.564. The molecule has 0 heterocycles. The highest BCUT2D eigenvalue weighted by Crippen LogP contribution is 2.50. The fourth-order valence-electron chi connectivity index (χ4n) is 3.17. The molecule has 1 aromatic carbocycles. The largest absolute Gasteiger partial charge is 0.484 e. The first-order valence-electron chi connectivity index (χ1n) is 6.61. The Morgan fingerprint density at radius 2 is 2.25 bits per heavy atom. The van der Waals surface area contributed by atoms with Crippen LogP contribution in [0.2, 0.25) is 5.02 Å². The van der Waals surface area contributed by atoms with Crippen molar-refractivity contribution in [2.24, 2.45) is 11.7 Å². The number of halogens is 2. The molecule has 3 saturated carbocycles. The van der Waals surface area contributed by atoms with Crippen molar-refractivity contribution in [2.75, 3.05) is 6.61 Å². The van der Waals surface area contributed by atoms with Crippen molar-refractivity contribution < 1.29 is 13.9 Å². The molecule has 0 spiro atoms. The molecule has 4 rings (SSSR count). The highest BCUT2D eigenvalue weighted by molar-refractivity contribution is 6.30. The van der Waals surface area contributed by atoms with Crippen LogP contribution in [0.1, 0.15) is 19.3 Å². The maximum Gasteiger partial charge on any atom is 0.258 e. The SMILES string of the molecule is NC12CC(C1)C(NC(=O)COc1ccc(Cl)c(F)c1)C2. The molecule has 0 aliphatic heterocycles. The zero-order chi connectivity index (χ0) is 14.3. The van der Waals surface area contributed by atoms with Gasteiger partial charge in [0.05, 0.1) is 5.02 Å². The summed E-state index contributed by atoms with van der Waals surface area (Å²) in [6, 6.07) is 4.24. The van der Waals surface area contributed by atoms with E-state index >= 15 is 0 Å². The maximum atomic E-state index is 13.2. The summed E-state index contributed by atoms with van der Waals surface area (Å²) in [6.07, 6.45) is 2.81. The highest BCUT2D eigenvalue weighted by atomic mass is 35.5. The average molecular weight is 299 g/mol. The Morgan fingerprint density at radius 3 is 2.85 bits per heavy atom. The topological polar surface area (TPSA) is 64.3 Å². The van der Waals surface area contributed by atoms with Crippen molar-refractivity contribution >= 4 is 17.5 Å². The summed E-state index contributed by atoms with van der Waals surface area (Å²) in [5.74, 6) is 0.0118. The third-order valence-electron chi connectivity index (χ3n) is 4.14. The first kappa shape index (κ1) is 13.6. The summed E-state index contributed by atoms with van der Waals surface area (Å²) < 4.78 is 18.4. The van der Waals surface area contributed by atoms with Gasteiger partial charge in [-0.15, -0.1) is 0 Å². The van der Waals surface area contributed by atoms with E-state index in [2.05, 4.69) is 5.32 Å². The lowest BCUT2D eigenvalue weighted by Gasteiger charge is -2.34. The van der Waals surface area contributed by atoms with Gasteiger partial charge in [-0.05, 0) is 37.3 Å². The van der Waals surface area contributed by atoms with Crippen molar-refractivity contribution in [3.05, 3.63) is 29.0 Å². The molecule has 2 bridgehead atoms. The van der Waals surface area contributed by atoms with Gasteiger partial charge in [0.15, 0.2) is 6.61 Å². The standard InChI is InChI=1S/C14H16ClFN2O2/c15-10-2-1-9(3-11(10)16)20-7-13(19)18-12-6-14(17)4-8(12)5-14/h1-3,8,12H,4-7,17H2,(H,18,19).